The molecule has 0 bridgehead atoms. The van der Waals surface area contributed by atoms with Crippen molar-refractivity contribution in [2.45, 2.75) is 31.8 Å². The molecule has 1 heterocycles. The summed E-state index contributed by atoms with van der Waals surface area (Å²) in [4.78, 5) is 7.89. The van der Waals surface area contributed by atoms with Crippen LogP contribution in [0.1, 0.15) is 25.7 Å². The van der Waals surface area contributed by atoms with Gasteiger partial charge in [0.15, 0.2) is 5.82 Å². The van der Waals surface area contributed by atoms with E-state index < -0.39 is 0 Å². The number of aromatic nitrogens is 2. The first-order valence-corrected chi connectivity index (χ1v) is 5.75. The van der Waals surface area contributed by atoms with E-state index >= 15 is 0 Å². The zero-order valence-corrected chi connectivity index (χ0v) is 9.26. The molecular weight excluding hydrogens is 204 g/mol. The van der Waals surface area contributed by atoms with Crippen molar-refractivity contribution in [1.82, 2.24) is 9.97 Å². The highest BCUT2D eigenvalue weighted by atomic mass is 16.3. The summed E-state index contributed by atoms with van der Waals surface area (Å²) >= 11 is 0. The van der Waals surface area contributed by atoms with E-state index in [-0.39, 0.29) is 6.10 Å². The van der Waals surface area contributed by atoms with Gasteiger partial charge in [-0.1, -0.05) is 12.8 Å². The van der Waals surface area contributed by atoms with E-state index in [4.69, 9.17) is 5.73 Å². The van der Waals surface area contributed by atoms with Gasteiger partial charge < -0.3 is 16.2 Å². The number of nitrogens with two attached hydrogens (primary N) is 1. The summed E-state index contributed by atoms with van der Waals surface area (Å²) in [5.74, 6) is 0.968. The maximum atomic E-state index is 9.81. The standard InChI is InChI=1S/C11H18N4O/c12-9-6-13-7-15-11(9)14-5-8-3-1-2-4-10(8)16/h6-8,10,16H,1-5,12H2,(H,13,14,15). The Morgan fingerprint density at radius 1 is 1.44 bits per heavy atom. The third-order valence-electron chi connectivity index (χ3n) is 3.14. The molecule has 2 atom stereocenters. The highest BCUT2D eigenvalue weighted by molar-refractivity contribution is 5.58. The second kappa shape index (κ2) is 5.12. The SMILES string of the molecule is Nc1cncnc1NCC1CCCCC1O. The molecule has 16 heavy (non-hydrogen) atoms. The molecule has 1 fully saturated rings. The fourth-order valence-electron chi connectivity index (χ4n) is 2.14. The molecule has 2 rings (SSSR count). The van der Waals surface area contributed by atoms with Crippen LogP contribution in [0.5, 0.6) is 0 Å². The van der Waals surface area contributed by atoms with Crippen LogP contribution in [0, 0.1) is 5.92 Å². The first-order chi connectivity index (χ1) is 7.77. The topological polar surface area (TPSA) is 84.1 Å². The summed E-state index contributed by atoms with van der Waals surface area (Å²) in [6.07, 6.45) is 7.16. The fourth-order valence-corrected chi connectivity index (χ4v) is 2.14. The summed E-state index contributed by atoms with van der Waals surface area (Å²) in [7, 11) is 0. The van der Waals surface area contributed by atoms with Crippen LogP contribution in [0.25, 0.3) is 0 Å². The number of rotatable bonds is 3. The van der Waals surface area contributed by atoms with Crippen LogP contribution >= 0.6 is 0 Å². The molecule has 0 radical (unpaired) electrons. The second-order valence-corrected chi connectivity index (χ2v) is 4.32. The van der Waals surface area contributed by atoms with Gasteiger partial charge in [0.2, 0.25) is 0 Å². The molecule has 0 aliphatic heterocycles. The van der Waals surface area contributed by atoms with Crippen LogP contribution < -0.4 is 11.1 Å². The lowest BCUT2D eigenvalue weighted by Gasteiger charge is -2.27. The molecule has 0 saturated heterocycles. The Bertz CT molecular complexity index is 345. The molecule has 1 saturated carbocycles. The van der Waals surface area contributed by atoms with Crippen molar-refractivity contribution in [1.29, 1.82) is 0 Å². The Hall–Kier alpha value is -1.36. The second-order valence-electron chi connectivity index (χ2n) is 4.32. The van der Waals surface area contributed by atoms with E-state index in [1.807, 2.05) is 0 Å². The Morgan fingerprint density at radius 2 is 2.25 bits per heavy atom. The molecule has 88 valence electrons. The quantitative estimate of drug-likeness (QED) is 0.711. The summed E-state index contributed by atoms with van der Waals surface area (Å²) in [6.45, 7) is 0.725. The first-order valence-electron chi connectivity index (χ1n) is 5.75. The zero-order valence-electron chi connectivity index (χ0n) is 9.26. The Labute approximate surface area is 95.1 Å². The number of hydrogen-bond acceptors (Lipinski definition) is 5. The van der Waals surface area contributed by atoms with E-state index in [1.54, 1.807) is 6.20 Å². The third-order valence-corrected chi connectivity index (χ3v) is 3.14. The maximum Gasteiger partial charge on any atom is 0.152 e. The van der Waals surface area contributed by atoms with E-state index in [9.17, 15) is 5.11 Å². The van der Waals surface area contributed by atoms with Gasteiger partial charge in [-0.2, -0.15) is 0 Å². The van der Waals surface area contributed by atoms with Gasteiger partial charge in [-0.05, 0) is 12.8 Å². The minimum Gasteiger partial charge on any atom is -0.394 e. The third kappa shape index (κ3) is 2.61. The van der Waals surface area contributed by atoms with Crippen molar-refractivity contribution in [3.8, 4) is 0 Å². The summed E-state index contributed by atoms with van der Waals surface area (Å²) in [6, 6.07) is 0. The summed E-state index contributed by atoms with van der Waals surface area (Å²) in [5, 5.41) is 13.0. The largest absolute Gasteiger partial charge is 0.394 e. The molecule has 1 aromatic heterocycles. The molecule has 2 unspecified atom stereocenters. The number of hydrogen-bond donors (Lipinski definition) is 3. The van der Waals surface area contributed by atoms with Crippen LogP contribution in [0.4, 0.5) is 11.5 Å². The first kappa shape index (κ1) is 11.1. The average molecular weight is 222 g/mol. The lowest BCUT2D eigenvalue weighted by Crippen LogP contribution is -2.30. The highest BCUT2D eigenvalue weighted by Crippen LogP contribution is 2.25. The normalized spacial score (nSPS) is 25.3. The van der Waals surface area contributed by atoms with Gasteiger partial charge in [0.1, 0.15) is 6.33 Å². The smallest absolute Gasteiger partial charge is 0.152 e. The Kier molecular flexibility index (Phi) is 3.56. The lowest BCUT2D eigenvalue weighted by molar-refractivity contribution is 0.0763. The number of nitrogen functional groups attached to an aromatic ring is 1. The minimum absolute atomic E-state index is 0.190. The molecule has 1 aromatic rings. The molecule has 1 aliphatic carbocycles. The fraction of sp³-hybridized carbons (Fsp3) is 0.636. The monoisotopic (exact) mass is 222 g/mol. The number of aliphatic hydroxyl groups is 1. The summed E-state index contributed by atoms with van der Waals surface area (Å²) < 4.78 is 0. The van der Waals surface area contributed by atoms with Crippen molar-refractivity contribution in [3.63, 3.8) is 0 Å². The predicted molar refractivity (Wildman–Crippen MR) is 62.9 cm³/mol. The van der Waals surface area contributed by atoms with Crippen molar-refractivity contribution in [2.75, 3.05) is 17.6 Å². The van der Waals surface area contributed by atoms with E-state index in [0.29, 0.717) is 17.4 Å². The number of nitrogens with one attached hydrogen (secondary N) is 1. The van der Waals surface area contributed by atoms with Gasteiger partial charge in [-0.15, -0.1) is 0 Å². The van der Waals surface area contributed by atoms with Gasteiger partial charge in [0.05, 0.1) is 18.0 Å². The lowest BCUT2D eigenvalue weighted by atomic mass is 9.86. The zero-order chi connectivity index (χ0) is 11.4. The molecule has 0 spiro atoms. The van der Waals surface area contributed by atoms with Crippen molar-refractivity contribution in [2.24, 2.45) is 5.92 Å². The molecule has 4 N–H and O–H groups in total. The molecule has 0 aromatic carbocycles. The number of aliphatic hydroxyl groups excluding tert-OH is 1. The van der Waals surface area contributed by atoms with Gasteiger partial charge in [0.25, 0.3) is 0 Å². The molecule has 5 nitrogen and oxygen atoms in total. The van der Waals surface area contributed by atoms with Gasteiger partial charge in [-0.3, -0.25) is 0 Å². The van der Waals surface area contributed by atoms with E-state index in [0.717, 1.165) is 25.8 Å². The van der Waals surface area contributed by atoms with E-state index in [2.05, 4.69) is 15.3 Å². The van der Waals surface area contributed by atoms with Crippen molar-refractivity contribution < 1.29 is 5.11 Å². The Morgan fingerprint density at radius 3 is 3.00 bits per heavy atom. The average Bonchev–Trinajstić information content (AvgIpc) is 2.30. The van der Waals surface area contributed by atoms with Gasteiger partial charge in [0, 0.05) is 12.5 Å². The van der Waals surface area contributed by atoms with E-state index in [1.165, 1.54) is 12.7 Å². The predicted octanol–water partition coefficient (Wildman–Crippen LogP) is 1.02. The van der Waals surface area contributed by atoms with Crippen LogP contribution in [0.15, 0.2) is 12.5 Å². The molecule has 5 heteroatoms. The van der Waals surface area contributed by atoms with Crippen LogP contribution in [0.3, 0.4) is 0 Å². The van der Waals surface area contributed by atoms with Gasteiger partial charge >= 0.3 is 0 Å². The van der Waals surface area contributed by atoms with Crippen molar-refractivity contribution in [3.05, 3.63) is 12.5 Å². The van der Waals surface area contributed by atoms with Crippen LogP contribution in [0.2, 0.25) is 0 Å². The maximum absolute atomic E-state index is 9.81. The molecular formula is C11H18N4O. The number of anilines is 2. The Balaban J connectivity index is 1.89. The van der Waals surface area contributed by atoms with Gasteiger partial charge in [-0.25, -0.2) is 9.97 Å². The highest BCUT2D eigenvalue weighted by Gasteiger charge is 2.22. The van der Waals surface area contributed by atoms with Crippen molar-refractivity contribution >= 4 is 11.5 Å². The van der Waals surface area contributed by atoms with Crippen LogP contribution in [-0.4, -0.2) is 27.7 Å². The molecule has 1 aliphatic rings. The number of nitrogens with zero attached hydrogens (tertiary/aromatic N) is 2. The summed E-state index contributed by atoms with van der Waals surface area (Å²) in [5.41, 5.74) is 6.27. The minimum atomic E-state index is -0.190. The molecule has 0 amide bonds. The van der Waals surface area contributed by atoms with Crippen LogP contribution in [-0.2, 0) is 0 Å².